The molecule has 2 aromatic rings. The van der Waals surface area contributed by atoms with Crippen LogP contribution in [0.25, 0.3) is 0 Å². The van der Waals surface area contributed by atoms with Gasteiger partial charge in [-0.1, -0.05) is 29.8 Å². The molecule has 1 aliphatic heterocycles. The number of aryl methyl sites for hydroxylation is 1. The van der Waals surface area contributed by atoms with Crippen LogP contribution < -0.4 is 16.2 Å². The highest BCUT2D eigenvalue weighted by Crippen LogP contribution is 2.19. The monoisotopic (exact) mass is 304 g/mol. The summed E-state index contributed by atoms with van der Waals surface area (Å²) in [6.45, 7) is 4.84. The molecule has 0 saturated carbocycles. The molecule has 1 aromatic carbocycles. The first kappa shape index (κ1) is 14.1. The van der Waals surface area contributed by atoms with Crippen LogP contribution in [0.15, 0.2) is 29.2 Å². The SMILES string of the molecule is CCn1ncc(NCc2ccc3c(c2)CNC3)c(Cl)c1=O. The van der Waals surface area contributed by atoms with Gasteiger partial charge >= 0.3 is 0 Å². The minimum Gasteiger partial charge on any atom is -0.378 e. The number of aromatic nitrogens is 2. The molecule has 5 nitrogen and oxygen atoms in total. The zero-order chi connectivity index (χ0) is 14.8. The highest BCUT2D eigenvalue weighted by molar-refractivity contribution is 6.32. The van der Waals surface area contributed by atoms with Crippen LogP contribution >= 0.6 is 11.6 Å². The van der Waals surface area contributed by atoms with E-state index >= 15 is 0 Å². The number of benzene rings is 1. The van der Waals surface area contributed by atoms with Gasteiger partial charge < -0.3 is 10.6 Å². The summed E-state index contributed by atoms with van der Waals surface area (Å²) < 4.78 is 1.34. The topological polar surface area (TPSA) is 59.0 Å². The number of fused-ring (bicyclic) bond motifs is 1. The first-order chi connectivity index (χ1) is 10.2. The minimum atomic E-state index is -0.262. The van der Waals surface area contributed by atoms with Crippen molar-refractivity contribution in [3.63, 3.8) is 0 Å². The Morgan fingerprint density at radius 3 is 3.00 bits per heavy atom. The van der Waals surface area contributed by atoms with E-state index in [1.807, 2.05) is 6.92 Å². The molecule has 0 amide bonds. The number of hydrogen-bond acceptors (Lipinski definition) is 4. The Morgan fingerprint density at radius 1 is 1.38 bits per heavy atom. The number of halogens is 1. The minimum absolute atomic E-state index is 0.190. The zero-order valence-corrected chi connectivity index (χ0v) is 12.6. The molecule has 1 aromatic heterocycles. The zero-order valence-electron chi connectivity index (χ0n) is 11.8. The summed E-state index contributed by atoms with van der Waals surface area (Å²) in [6.07, 6.45) is 1.60. The van der Waals surface area contributed by atoms with Gasteiger partial charge in [-0.05, 0) is 23.6 Å². The van der Waals surface area contributed by atoms with Gasteiger partial charge in [0.2, 0.25) is 0 Å². The van der Waals surface area contributed by atoms with Crippen LogP contribution in [0.3, 0.4) is 0 Å². The Balaban J connectivity index is 1.76. The van der Waals surface area contributed by atoms with Crippen LogP contribution in [0.5, 0.6) is 0 Å². The maximum Gasteiger partial charge on any atom is 0.287 e. The Hall–Kier alpha value is -1.85. The predicted molar refractivity (Wildman–Crippen MR) is 83.5 cm³/mol. The van der Waals surface area contributed by atoms with E-state index in [9.17, 15) is 4.79 Å². The number of nitrogens with zero attached hydrogens (tertiary/aromatic N) is 2. The van der Waals surface area contributed by atoms with E-state index in [2.05, 4.69) is 33.9 Å². The molecule has 3 rings (SSSR count). The molecule has 1 aliphatic rings. The van der Waals surface area contributed by atoms with E-state index in [0.29, 0.717) is 18.8 Å². The molecule has 6 heteroatoms. The third kappa shape index (κ3) is 2.80. The summed E-state index contributed by atoms with van der Waals surface area (Å²) in [5.41, 5.74) is 4.16. The molecule has 0 saturated heterocycles. The molecular formula is C15H17ClN4O. The van der Waals surface area contributed by atoms with Crippen molar-refractivity contribution in [1.29, 1.82) is 0 Å². The molecule has 110 valence electrons. The molecule has 0 aliphatic carbocycles. The van der Waals surface area contributed by atoms with E-state index < -0.39 is 0 Å². The van der Waals surface area contributed by atoms with Crippen molar-refractivity contribution in [1.82, 2.24) is 15.1 Å². The summed E-state index contributed by atoms with van der Waals surface area (Å²) >= 11 is 6.09. The molecule has 21 heavy (non-hydrogen) atoms. The van der Waals surface area contributed by atoms with Crippen LogP contribution in [-0.4, -0.2) is 9.78 Å². The lowest BCUT2D eigenvalue weighted by Gasteiger charge is -2.10. The normalized spacial score (nSPS) is 13.2. The standard InChI is InChI=1S/C15H17ClN4O/c1-2-20-15(21)14(16)13(9-19-20)18-6-10-3-4-11-7-17-8-12(11)5-10/h3-5,9,17-18H,2,6-8H2,1H3. The van der Waals surface area contributed by atoms with Gasteiger partial charge in [-0.15, -0.1) is 0 Å². The summed E-state index contributed by atoms with van der Waals surface area (Å²) in [6, 6.07) is 6.41. The lowest BCUT2D eigenvalue weighted by Crippen LogP contribution is -2.23. The van der Waals surface area contributed by atoms with E-state index in [-0.39, 0.29) is 10.6 Å². The first-order valence-electron chi connectivity index (χ1n) is 7.00. The van der Waals surface area contributed by atoms with Crippen LogP contribution in [0, 0.1) is 0 Å². The molecule has 0 unspecified atom stereocenters. The van der Waals surface area contributed by atoms with Crippen molar-refractivity contribution in [2.24, 2.45) is 0 Å². The lowest BCUT2D eigenvalue weighted by atomic mass is 10.1. The summed E-state index contributed by atoms with van der Waals surface area (Å²) in [5, 5.41) is 10.8. The van der Waals surface area contributed by atoms with E-state index in [1.54, 1.807) is 6.20 Å². The van der Waals surface area contributed by atoms with E-state index in [1.165, 1.54) is 15.8 Å². The number of hydrogen-bond donors (Lipinski definition) is 2. The van der Waals surface area contributed by atoms with Gasteiger partial charge in [-0.2, -0.15) is 5.10 Å². The maximum absolute atomic E-state index is 11.9. The fourth-order valence-electron chi connectivity index (χ4n) is 2.47. The Morgan fingerprint density at radius 2 is 2.19 bits per heavy atom. The molecule has 0 spiro atoms. The second-order valence-corrected chi connectivity index (χ2v) is 5.43. The van der Waals surface area contributed by atoms with Gasteiger partial charge in [-0.25, -0.2) is 4.68 Å². The quantitative estimate of drug-likeness (QED) is 0.908. The van der Waals surface area contributed by atoms with Crippen molar-refractivity contribution in [3.8, 4) is 0 Å². The molecule has 0 radical (unpaired) electrons. The lowest BCUT2D eigenvalue weighted by molar-refractivity contribution is 0.616. The van der Waals surface area contributed by atoms with Gasteiger partial charge in [0.25, 0.3) is 5.56 Å². The van der Waals surface area contributed by atoms with Crippen LogP contribution in [-0.2, 0) is 26.2 Å². The fourth-order valence-corrected chi connectivity index (χ4v) is 2.68. The van der Waals surface area contributed by atoms with Crippen molar-refractivity contribution in [2.75, 3.05) is 5.32 Å². The molecule has 2 N–H and O–H groups in total. The number of nitrogens with one attached hydrogen (secondary N) is 2. The Labute approximate surface area is 127 Å². The number of rotatable bonds is 4. The molecular weight excluding hydrogens is 288 g/mol. The summed E-state index contributed by atoms with van der Waals surface area (Å²) in [4.78, 5) is 11.9. The second-order valence-electron chi connectivity index (χ2n) is 5.05. The third-order valence-electron chi connectivity index (χ3n) is 3.67. The smallest absolute Gasteiger partial charge is 0.287 e. The fraction of sp³-hybridized carbons (Fsp3) is 0.333. The van der Waals surface area contributed by atoms with Crippen molar-refractivity contribution >= 4 is 17.3 Å². The van der Waals surface area contributed by atoms with Crippen molar-refractivity contribution in [3.05, 3.63) is 56.5 Å². The van der Waals surface area contributed by atoms with Gasteiger partial charge in [-0.3, -0.25) is 4.79 Å². The van der Waals surface area contributed by atoms with Gasteiger partial charge in [0, 0.05) is 26.2 Å². The van der Waals surface area contributed by atoms with E-state index in [0.717, 1.165) is 18.7 Å². The van der Waals surface area contributed by atoms with E-state index in [4.69, 9.17) is 11.6 Å². The molecule has 0 fully saturated rings. The van der Waals surface area contributed by atoms with Crippen molar-refractivity contribution < 1.29 is 0 Å². The van der Waals surface area contributed by atoms with Gasteiger partial charge in [0.15, 0.2) is 0 Å². The Kier molecular flexibility index (Phi) is 3.94. The van der Waals surface area contributed by atoms with Crippen LogP contribution in [0.1, 0.15) is 23.6 Å². The molecule has 0 bridgehead atoms. The predicted octanol–water partition coefficient (Wildman–Crippen LogP) is 2.13. The average molecular weight is 305 g/mol. The van der Waals surface area contributed by atoms with Gasteiger partial charge in [0.1, 0.15) is 5.02 Å². The van der Waals surface area contributed by atoms with Crippen LogP contribution in [0.2, 0.25) is 5.02 Å². The Bertz CT molecular complexity index is 726. The van der Waals surface area contributed by atoms with Crippen molar-refractivity contribution in [2.45, 2.75) is 33.1 Å². The average Bonchev–Trinajstić information content (AvgIpc) is 2.96. The second kappa shape index (κ2) is 5.87. The number of anilines is 1. The molecule has 0 atom stereocenters. The van der Waals surface area contributed by atoms with Gasteiger partial charge in [0.05, 0.1) is 11.9 Å². The summed E-state index contributed by atoms with van der Waals surface area (Å²) in [5.74, 6) is 0. The third-order valence-corrected chi connectivity index (χ3v) is 4.03. The maximum atomic E-state index is 11.9. The first-order valence-corrected chi connectivity index (χ1v) is 7.37. The molecule has 2 heterocycles. The highest BCUT2D eigenvalue weighted by Gasteiger charge is 2.11. The van der Waals surface area contributed by atoms with Crippen LogP contribution in [0.4, 0.5) is 5.69 Å². The highest BCUT2D eigenvalue weighted by atomic mass is 35.5. The summed E-state index contributed by atoms with van der Waals surface area (Å²) in [7, 11) is 0. The largest absolute Gasteiger partial charge is 0.378 e.